The number of benzene rings is 1. The van der Waals surface area contributed by atoms with Crippen molar-refractivity contribution in [3.8, 4) is 5.88 Å². The number of halogens is 4. The SMILES string of the molecule is COCCOC1CC(=O)N(CC(CNS(=O)(=O)N(Cc2ccccc2)C(=O)O)Oc2ncc(C(F)(F)F)cc2Cl)C1. The number of hydrogen-bond acceptors (Lipinski definition) is 8. The van der Waals surface area contributed by atoms with E-state index in [4.69, 9.17) is 25.8 Å². The molecule has 1 aliphatic rings. The zero-order chi connectivity index (χ0) is 30.2. The van der Waals surface area contributed by atoms with Crippen molar-refractivity contribution in [3.05, 3.63) is 58.7 Å². The predicted octanol–water partition coefficient (Wildman–Crippen LogP) is 2.78. The number of pyridine rings is 1. The molecule has 1 aromatic carbocycles. The molecule has 0 bridgehead atoms. The van der Waals surface area contributed by atoms with Crippen LogP contribution in [0, 0.1) is 0 Å². The molecule has 2 heterocycles. The van der Waals surface area contributed by atoms with Crippen molar-refractivity contribution in [1.82, 2.24) is 18.9 Å². The van der Waals surface area contributed by atoms with Crippen LogP contribution in [0.5, 0.6) is 5.88 Å². The second-order valence-electron chi connectivity index (χ2n) is 8.87. The van der Waals surface area contributed by atoms with Gasteiger partial charge in [-0.3, -0.25) is 4.79 Å². The van der Waals surface area contributed by atoms with E-state index < -0.39 is 64.2 Å². The third kappa shape index (κ3) is 9.43. The Labute approximate surface area is 239 Å². The zero-order valence-corrected chi connectivity index (χ0v) is 23.3. The maximum Gasteiger partial charge on any atom is 0.422 e. The second-order valence-corrected chi connectivity index (χ2v) is 11.0. The molecule has 2 atom stereocenters. The predicted molar refractivity (Wildman–Crippen MR) is 138 cm³/mol. The van der Waals surface area contributed by atoms with Crippen LogP contribution in [-0.4, -0.2) is 91.9 Å². The fourth-order valence-electron chi connectivity index (χ4n) is 3.82. The third-order valence-electron chi connectivity index (χ3n) is 5.82. The number of amides is 2. The van der Waals surface area contributed by atoms with Gasteiger partial charge in [0.2, 0.25) is 11.8 Å². The average Bonchev–Trinajstić information content (AvgIpc) is 3.25. The number of carboxylic acid groups (broad SMARTS) is 1. The number of ether oxygens (including phenoxy) is 3. The molecule has 12 nitrogen and oxygen atoms in total. The first-order chi connectivity index (χ1) is 19.3. The van der Waals surface area contributed by atoms with Crippen molar-refractivity contribution >= 4 is 33.8 Å². The summed E-state index contributed by atoms with van der Waals surface area (Å²) in [6, 6.07) is 8.58. The number of methoxy groups -OCH3 is 1. The molecular weight excluding hydrogens is 597 g/mol. The number of nitrogens with zero attached hydrogens (tertiary/aromatic N) is 3. The third-order valence-corrected chi connectivity index (χ3v) is 7.49. The lowest BCUT2D eigenvalue weighted by Gasteiger charge is -2.26. The van der Waals surface area contributed by atoms with E-state index in [-0.39, 0.29) is 36.3 Å². The molecule has 226 valence electrons. The van der Waals surface area contributed by atoms with E-state index in [1.165, 1.54) is 12.0 Å². The van der Waals surface area contributed by atoms with E-state index in [1.54, 1.807) is 30.3 Å². The highest BCUT2D eigenvalue weighted by Crippen LogP contribution is 2.33. The van der Waals surface area contributed by atoms with Gasteiger partial charge in [0.15, 0.2) is 0 Å². The van der Waals surface area contributed by atoms with Gasteiger partial charge >= 0.3 is 22.5 Å². The summed E-state index contributed by atoms with van der Waals surface area (Å²) < 4.78 is 83.5. The minimum Gasteiger partial charge on any atom is -0.470 e. The van der Waals surface area contributed by atoms with Gasteiger partial charge in [-0.25, -0.2) is 9.78 Å². The molecule has 0 radical (unpaired) electrons. The van der Waals surface area contributed by atoms with Crippen LogP contribution in [0.4, 0.5) is 18.0 Å². The molecule has 17 heteroatoms. The first kappa shape index (κ1) is 32.3. The Morgan fingerprint density at radius 3 is 2.61 bits per heavy atom. The Bertz CT molecular complexity index is 1300. The van der Waals surface area contributed by atoms with Crippen LogP contribution < -0.4 is 9.46 Å². The number of carbonyl (C=O) groups is 2. The summed E-state index contributed by atoms with van der Waals surface area (Å²) in [6.45, 7) is -0.652. The first-order valence-electron chi connectivity index (χ1n) is 12.1. The Balaban J connectivity index is 1.79. The molecule has 0 saturated carbocycles. The molecule has 2 unspecified atom stereocenters. The summed E-state index contributed by atoms with van der Waals surface area (Å²) in [7, 11) is -3.17. The lowest BCUT2D eigenvalue weighted by atomic mass is 10.2. The first-order valence-corrected chi connectivity index (χ1v) is 13.9. The highest BCUT2D eigenvalue weighted by molar-refractivity contribution is 7.87. The molecule has 2 amide bonds. The highest BCUT2D eigenvalue weighted by atomic mass is 35.5. The van der Waals surface area contributed by atoms with Gasteiger partial charge in [-0.15, -0.1) is 0 Å². The van der Waals surface area contributed by atoms with Crippen LogP contribution in [-0.2, 0) is 37.2 Å². The normalized spacial score (nSPS) is 16.6. The minimum atomic E-state index is -4.72. The Morgan fingerprint density at radius 1 is 1.29 bits per heavy atom. The molecule has 2 N–H and O–H groups in total. The second kappa shape index (κ2) is 14.1. The van der Waals surface area contributed by atoms with Gasteiger partial charge < -0.3 is 24.2 Å². The maximum absolute atomic E-state index is 13.0. The number of likely N-dealkylation sites (tertiary alicyclic amines) is 1. The van der Waals surface area contributed by atoms with Crippen LogP contribution >= 0.6 is 11.6 Å². The van der Waals surface area contributed by atoms with Gasteiger partial charge in [0.25, 0.3) is 0 Å². The topological polar surface area (TPSA) is 148 Å². The smallest absolute Gasteiger partial charge is 0.422 e. The van der Waals surface area contributed by atoms with Crippen molar-refractivity contribution in [1.29, 1.82) is 0 Å². The molecule has 1 aliphatic heterocycles. The molecule has 41 heavy (non-hydrogen) atoms. The number of aromatic nitrogens is 1. The van der Waals surface area contributed by atoms with Gasteiger partial charge in [-0.05, 0) is 11.6 Å². The number of rotatable bonds is 14. The van der Waals surface area contributed by atoms with Crippen LogP contribution in [0.1, 0.15) is 17.5 Å². The van der Waals surface area contributed by atoms with Crippen LogP contribution in [0.2, 0.25) is 5.02 Å². The molecule has 1 aromatic heterocycles. The van der Waals surface area contributed by atoms with Gasteiger partial charge in [0, 0.05) is 19.9 Å². The summed E-state index contributed by atoms with van der Waals surface area (Å²) in [5, 5.41) is 9.06. The molecule has 3 rings (SSSR count). The Kier molecular flexibility index (Phi) is 11.1. The summed E-state index contributed by atoms with van der Waals surface area (Å²) in [5.41, 5.74) is -0.730. The Hall–Kier alpha value is -3.18. The molecule has 1 saturated heterocycles. The molecule has 1 fully saturated rings. The number of hydrogen-bond donors (Lipinski definition) is 2. The quantitative estimate of drug-likeness (QED) is 0.303. The lowest BCUT2D eigenvalue weighted by molar-refractivity contribution is -0.138. The number of alkyl halides is 3. The average molecular weight is 625 g/mol. The van der Waals surface area contributed by atoms with Gasteiger partial charge in [-0.1, -0.05) is 41.9 Å². The minimum absolute atomic E-state index is 0.0331. The van der Waals surface area contributed by atoms with E-state index in [0.717, 1.165) is 0 Å². The summed E-state index contributed by atoms with van der Waals surface area (Å²) in [6.07, 6.45) is -7.66. The van der Waals surface area contributed by atoms with Crippen molar-refractivity contribution in [3.63, 3.8) is 0 Å². The highest BCUT2D eigenvalue weighted by Gasteiger charge is 2.35. The maximum atomic E-state index is 13.0. The fourth-order valence-corrected chi connectivity index (χ4v) is 5.11. The summed E-state index contributed by atoms with van der Waals surface area (Å²) in [4.78, 5) is 29.3. The fraction of sp³-hybridized carbons (Fsp3) is 0.458. The van der Waals surface area contributed by atoms with E-state index in [2.05, 4.69) is 9.71 Å². The standard InChI is InChI=1S/C24H28ClF3N4O8S/c1-38-7-8-39-18-10-21(33)31(14-18)15-19(40-22-20(25)9-17(11-29-22)24(26,27)28)12-30-41(36,37)32(23(34)35)13-16-5-3-2-4-6-16/h2-6,9,11,18-19,30H,7-8,10,12-15H2,1H3,(H,34,35). The molecular formula is C24H28ClF3N4O8S. The van der Waals surface area contributed by atoms with E-state index in [1.807, 2.05) is 0 Å². The molecule has 2 aromatic rings. The van der Waals surface area contributed by atoms with E-state index >= 15 is 0 Å². The van der Waals surface area contributed by atoms with Crippen LogP contribution in [0.15, 0.2) is 42.6 Å². The lowest BCUT2D eigenvalue weighted by Crippen LogP contribution is -2.49. The van der Waals surface area contributed by atoms with Gasteiger partial charge in [-0.2, -0.15) is 30.6 Å². The number of nitrogens with one attached hydrogen (secondary N) is 1. The summed E-state index contributed by atoms with van der Waals surface area (Å²) >= 11 is 5.97. The van der Waals surface area contributed by atoms with Crippen LogP contribution in [0.25, 0.3) is 0 Å². The number of carbonyl (C=O) groups excluding carboxylic acids is 1. The van der Waals surface area contributed by atoms with Gasteiger partial charge in [0.1, 0.15) is 11.1 Å². The monoisotopic (exact) mass is 624 g/mol. The van der Waals surface area contributed by atoms with Gasteiger partial charge in [0.05, 0.1) is 50.9 Å². The van der Waals surface area contributed by atoms with E-state index in [0.29, 0.717) is 24.4 Å². The van der Waals surface area contributed by atoms with Crippen molar-refractivity contribution in [2.45, 2.75) is 31.3 Å². The van der Waals surface area contributed by atoms with E-state index in [9.17, 15) is 36.3 Å². The van der Waals surface area contributed by atoms with Crippen molar-refractivity contribution in [2.75, 3.05) is 40.0 Å². The largest absolute Gasteiger partial charge is 0.470 e. The van der Waals surface area contributed by atoms with Crippen LogP contribution in [0.3, 0.4) is 0 Å². The molecule has 0 aliphatic carbocycles. The Morgan fingerprint density at radius 2 is 2.00 bits per heavy atom. The molecule has 0 spiro atoms. The zero-order valence-electron chi connectivity index (χ0n) is 21.7. The van der Waals surface area contributed by atoms with Crippen molar-refractivity contribution in [2.24, 2.45) is 0 Å². The summed E-state index contributed by atoms with van der Waals surface area (Å²) in [5.74, 6) is -0.783. The van der Waals surface area contributed by atoms with Crippen molar-refractivity contribution < 1.29 is 50.5 Å².